The van der Waals surface area contributed by atoms with Crippen molar-refractivity contribution in [1.29, 1.82) is 0 Å². The van der Waals surface area contributed by atoms with Gasteiger partial charge >= 0.3 is 0 Å². The largest absolute Gasteiger partial charge is 0.342 e. The summed E-state index contributed by atoms with van der Waals surface area (Å²) in [6, 6.07) is 0. The molecule has 1 amide bonds. The van der Waals surface area contributed by atoms with E-state index in [2.05, 4.69) is 21.6 Å². The number of piperazine rings is 1. The summed E-state index contributed by atoms with van der Waals surface area (Å²) in [5.74, 6) is 1.71. The maximum atomic E-state index is 12.8. The fourth-order valence-electron chi connectivity index (χ4n) is 5.18. The van der Waals surface area contributed by atoms with Crippen LogP contribution >= 0.6 is 0 Å². The van der Waals surface area contributed by atoms with Gasteiger partial charge in [0.15, 0.2) is 0 Å². The van der Waals surface area contributed by atoms with Crippen molar-refractivity contribution in [2.75, 3.05) is 52.4 Å². The Kier molecular flexibility index (Phi) is 7.71. The molecule has 5 nitrogen and oxygen atoms in total. The lowest BCUT2D eigenvalue weighted by molar-refractivity contribution is -0.137. The average molecular weight is 378 g/mol. The number of likely N-dealkylation sites (N-methyl/N-ethyl adjacent to an activating group) is 1. The molecule has 2 saturated heterocycles. The highest BCUT2D eigenvalue weighted by molar-refractivity contribution is 5.84. The van der Waals surface area contributed by atoms with Gasteiger partial charge < -0.3 is 14.7 Å². The van der Waals surface area contributed by atoms with E-state index in [9.17, 15) is 9.59 Å². The molecule has 5 heteroatoms. The number of carbonyl (C=O) groups is 2. The number of hydrogen-bond acceptors (Lipinski definition) is 4. The van der Waals surface area contributed by atoms with Crippen molar-refractivity contribution in [2.45, 2.75) is 58.8 Å². The molecule has 3 fully saturated rings. The van der Waals surface area contributed by atoms with Crippen LogP contribution in [0.4, 0.5) is 0 Å². The maximum Gasteiger partial charge on any atom is 0.225 e. The van der Waals surface area contributed by atoms with Gasteiger partial charge in [0.2, 0.25) is 5.91 Å². The van der Waals surface area contributed by atoms with Crippen molar-refractivity contribution < 1.29 is 9.59 Å². The molecule has 3 aliphatic rings. The second-order valence-corrected chi connectivity index (χ2v) is 8.86. The Labute approximate surface area is 165 Å². The minimum absolute atomic E-state index is 0.108. The first-order valence-corrected chi connectivity index (χ1v) is 11.4. The molecule has 0 aromatic carbocycles. The lowest BCUT2D eigenvalue weighted by Gasteiger charge is -2.37. The normalized spacial score (nSPS) is 28.6. The van der Waals surface area contributed by atoms with E-state index < -0.39 is 0 Å². The quantitative estimate of drug-likeness (QED) is 0.684. The molecule has 3 rings (SSSR count). The minimum Gasteiger partial charge on any atom is -0.342 e. The first-order chi connectivity index (χ1) is 13.1. The molecule has 27 heavy (non-hydrogen) atoms. The molecule has 2 unspecified atom stereocenters. The van der Waals surface area contributed by atoms with Gasteiger partial charge in [0.25, 0.3) is 0 Å². The molecule has 0 aromatic rings. The summed E-state index contributed by atoms with van der Waals surface area (Å²) in [7, 11) is 0. The molecule has 0 bridgehead atoms. The van der Waals surface area contributed by atoms with Crippen LogP contribution in [-0.2, 0) is 9.59 Å². The van der Waals surface area contributed by atoms with Crippen LogP contribution in [0, 0.1) is 17.8 Å². The lowest BCUT2D eigenvalue weighted by atomic mass is 9.92. The van der Waals surface area contributed by atoms with Crippen LogP contribution in [0.5, 0.6) is 0 Å². The molecule has 0 radical (unpaired) electrons. The van der Waals surface area contributed by atoms with E-state index in [1.165, 1.54) is 45.7 Å². The second-order valence-electron chi connectivity index (χ2n) is 8.86. The van der Waals surface area contributed by atoms with Crippen molar-refractivity contribution in [3.8, 4) is 0 Å². The fourth-order valence-corrected chi connectivity index (χ4v) is 5.18. The van der Waals surface area contributed by atoms with Crippen LogP contribution in [-0.4, -0.2) is 78.7 Å². The standard InChI is InChI=1S/C22H39N3O2/c1-3-21(26)19-5-6-20(17-19)22(27)25-11-8-18(9-12-25)7-10-24-15-13-23(4-2)14-16-24/h18-20H,3-17H2,1-2H3. The van der Waals surface area contributed by atoms with Gasteiger partial charge in [-0.2, -0.15) is 0 Å². The number of piperidine rings is 1. The zero-order valence-electron chi connectivity index (χ0n) is 17.5. The van der Waals surface area contributed by atoms with E-state index in [0.717, 1.165) is 51.1 Å². The third-order valence-corrected chi connectivity index (χ3v) is 7.28. The van der Waals surface area contributed by atoms with Gasteiger partial charge in [-0.25, -0.2) is 0 Å². The molecule has 2 atom stereocenters. The van der Waals surface area contributed by atoms with E-state index >= 15 is 0 Å². The minimum atomic E-state index is 0.108. The number of carbonyl (C=O) groups excluding carboxylic acids is 2. The van der Waals surface area contributed by atoms with Crippen LogP contribution < -0.4 is 0 Å². The Hall–Kier alpha value is -0.940. The zero-order valence-corrected chi connectivity index (χ0v) is 17.5. The van der Waals surface area contributed by atoms with Crippen molar-refractivity contribution in [1.82, 2.24) is 14.7 Å². The van der Waals surface area contributed by atoms with Crippen LogP contribution in [0.1, 0.15) is 58.8 Å². The first-order valence-electron chi connectivity index (χ1n) is 11.4. The summed E-state index contributed by atoms with van der Waals surface area (Å²) in [6.45, 7) is 13.3. The topological polar surface area (TPSA) is 43.9 Å². The summed E-state index contributed by atoms with van der Waals surface area (Å²) in [5, 5.41) is 0. The smallest absolute Gasteiger partial charge is 0.225 e. The molecular formula is C22H39N3O2. The molecule has 154 valence electrons. The van der Waals surface area contributed by atoms with Crippen molar-refractivity contribution >= 4 is 11.7 Å². The summed E-state index contributed by atoms with van der Waals surface area (Å²) in [5.41, 5.74) is 0. The highest BCUT2D eigenvalue weighted by atomic mass is 16.2. The van der Waals surface area contributed by atoms with Gasteiger partial charge in [0.1, 0.15) is 5.78 Å². The zero-order chi connectivity index (χ0) is 19.2. The Balaban J connectivity index is 1.34. The monoisotopic (exact) mass is 377 g/mol. The molecule has 0 N–H and O–H groups in total. The molecule has 2 aliphatic heterocycles. The van der Waals surface area contributed by atoms with E-state index in [-0.39, 0.29) is 11.8 Å². The molecule has 2 heterocycles. The Bertz CT molecular complexity index is 494. The lowest BCUT2D eigenvalue weighted by Crippen LogP contribution is -2.47. The van der Waals surface area contributed by atoms with Gasteiger partial charge in [0.05, 0.1) is 0 Å². The van der Waals surface area contributed by atoms with Gasteiger partial charge in [-0.15, -0.1) is 0 Å². The number of hydrogen-bond donors (Lipinski definition) is 0. The Morgan fingerprint density at radius 1 is 0.815 bits per heavy atom. The Morgan fingerprint density at radius 3 is 2.07 bits per heavy atom. The highest BCUT2D eigenvalue weighted by Gasteiger charge is 2.36. The maximum absolute atomic E-state index is 12.8. The van der Waals surface area contributed by atoms with Crippen LogP contribution in [0.2, 0.25) is 0 Å². The highest BCUT2D eigenvalue weighted by Crippen LogP contribution is 2.34. The number of Topliss-reactive ketones (excluding diaryl/α,β-unsaturated/α-hetero) is 1. The summed E-state index contributed by atoms with van der Waals surface area (Å²) in [4.78, 5) is 32.0. The van der Waals surface area contributed by atoms with E-state index in [4.69, 9.17) is 0 Å². The summed E-state index contributed by atoms with van der Waals surface area (Å²) < 4.78 is 0. The molecule has 0 aromatic heterocycles. The predicted octanol–water partition coefficient (Wildman–Crippen LogP) is 2.65. The number of amides is 1. The predicted molar refractivity (Wildman–Crippen MR) is 109 cm³/mol. The van der Waals surface area contributed by atoms with Gasteiger partial charge in [0, 0.05) is 57.5 Å². The SMILES string of the molecule is CCC(=O)C1CCC(C(=O)N2CCC(CCN3CCN(CC)CC3)CC2)C1. The number of ketones is 1. The number of likely N-dealkylation sites (tertiary alicyclic amines) is 1. The third kappa shape index (κ3) is 5.54. The van der Waals surface area contributed by atoms with Crippen molar-refractivity contribution in [3.05, 3.63) is 0 Å². The van der Waals surface area contributed by atoms with Crippen molar-refractivity contribution in [3.63, 3.8) is 0 Å². The van der Waals surface area contributed by atoms with Crippen molar-refractivity contribution in [2.24, 2.45) is 17.8 Å². The third-order valence-electron chi connectivity index (χ3n) is 7.28. The van der Waals surface area contributed by atoms with Crippen LogP contribution in [0.25, 0.3) is 0 Å². The Morgan fingerprint density at radius 2 is 1.44 bits per heavy atom. The average Bonchev–Trinajstić information content (AvgIpc) is 3.22. The van der Waals surface area contributed by atoms with E-state index in [0.29, 0.717) is 18.1 Å². The molecular weight excluding hydrogens is 338 g/mol. The number of nitrogens with zero attached hydrogens (tertiary/aromatic N) is 3. The first kappa shape index (κ1) is 20.8. The second kappa shape index (κ2) is 10.0. The van der Waals surface area contributed by atoms with Gasteiger partial charge in [-0.1, -0.05) is 13.8 Å². The van der Waals surface area contributed by atoms with Crippen LogP contribution in [0.3, 0.4) is 0 Å². The van der Waals surface area contributed by atoms with E-state index in [1.807, 2.05) is 6.92 Å². The number of rotatable bonds is 7. The van der Waals surface area contributed by atoms with E-state index in [1.54, 1.807) is 0 Å². The molecule has 1 aliphatic carbocycles. The molecule has 0 spiro atoms. The van der Waals surface area contributed by atoms with Gasteiger partial charge in [-0.05, 0) is 57.5 Å². The summed E-state index contributed by atoms with van der Waals surface area (Å²) in [6.07, 6.45) is 6.85. The molecule has 1 saturated carbocycles. The fraction of sp³-hybridized carbons (Fsp3) is 0.909. The summed E-state index contributed by atoms with van der Waals surface area (Å²) >= 11 is 0. The van der Waals surface area contributed by atoms with Gasteiger partial charge in [-0.3, -0.25) is 9.59 Å². The van der Waals surface area contributed by atoms with Crippen LogP contribution in [0.15, 0.2) is 0 Å².